The highest BCUT2D eigenvalue weighted by molar-refractivity contribution is 7.92. The standard InChI is InChI=1S/C25H26N2O5S/c1-3-27(17-20-8-6-10-23-24(20)32-16-15-31-23)25(28)19-11-13-21(14-12-19)33(29,30)26-22-9-5-4-7-18(22)2/h4-14,26H,3,15-17H2,1-2H3. The second kappa shape index (κ2) is 9.54. The van der Waals surface area contributed by atoms with Crippen molar-refractivity contribution in [3.63, 3.8) is 0 Å². The van der Waals surface area contributed by atoms with Crippen LogP contribution in [0, 0.1) is 6.92 Å². The van der Waals surface area contributed by atoms with Crippen LogP contribution in [0.1, 0.15) is 28.4 Å². The van der Waals surface area contributed by atoms with Crippen LogP contribution in [0.15, 0.2) is 71.6 Å². The molecule has 4 rings (SSSR count). The van der Waals surface area contributed by atoms with E-state index in [-0.39, 0.29) is 10.8 Å². The third-order valence-corrected chi connectivity index (χ3v) is 6.86. The van der Waals surface area contributed by atoms with Crippen molar-refractivity contribution in [2.75, 3.05) is 24.5 Å². The molecular weight excluding hydrogens is 440 g/mol. The monoisotopic (exact) mass is 466 g/mol. The van der Waals surface area contributed by atoms with E-state index in [9.17, 15) is 13.2 Å². The number of ether oxygens (including phenoxy) is 2. The normalized spacial score (nSPS) is 12.8. The zero-order valence-electron chi connectivity index (χ0n) is 18.6. The number of para-hydroxylation sites is 2. The van der Waals surface area contributed by atoms with Gasteiger partial charge in [0.15, 0.2) is 11.5 Å². The molecule has 0 fully saturated rings. The van der Waals surface area contributed by atoms with E-state index in [4.69, 9.17) is 9.47 Å². The summed E-state index contributed by atoms with van der Waals surface area (Å²) >= 11 is 0. The van der Waals surface area contributed by atoms with Crippen molar-refractivity contribution in [1.29, 1.82) is 0 Å². The van der Waals surface area contributed by atoms with Gasteiger partial charge in [0.2, 0.25) is 0 Å². The Morgan fingerprint density at radius 2 is 1.70 bits per heavy atom. The number of carbonyl (C=O) groups is 1. The Morgan fingerprint density at radius 1 is 0.970 bits per heavy atom. The molecule has 1 heterocycles. The second-order valence-corrected chi connectivity index (χ2v) is 9.39. The summed E-state index contributed by atoms with van der Waals surface area (Å²) in [6.07, 6.45) is 0. The van der Waals surface area contributed by atoms with Crippen LogP contribution in [0.5, 0.6) is 11.5 Å². The molecular formula is C25H26N2O5S. The number of nitrogens with one attached hydrogen (secondary N) is 1. The fourth-order valence-corrected chi connectivity index (χ4v) is 4.77. The zero-order chi connectivity index (χ0) is 23.4. The number of sulfonamides is 1. The Hall–Kier alpha value is -3.52. The molecule has 0 aromatic heterocycles. The van der Waals surface area contributed by atoms with Gasteiger partial charge in [-0.1, -0.05) is 30.3 Å². The predicted molar refractivity (Wildman–Crippen MR) is 126 cm³/mol. The molecule has 0 atom stereocenters. The van der Waals surface area contributed by atoms with Crippen molar-refractivity contribution in [3.05, 3.63) is 83.4 Å². The number of hydrogen-bond acceptors (Lipinski definition) is 5. The number of amides is 1. The fraction of sp³-hybridized carbons (Fsp3) is 0.240. The molecule has 0 spiro atoms. The molecule has 8 heteroatoms. The van der Waals surface area contributed by atoms with E-state index in [2.05, 4.69) is 4.72 Å². The molecule has 172 valence electrons. The summed E-state index contributed by atoms with van der Waals surface area (Å²) in [6, 6.07) is 18.8. The van der Waals surface area contributed by atoms with E-state index in [0.29, 0.717) is 49.1 Å². The van der Waals surface area contributed by atoms with E-state index in [1.807, 2.05) is 44.2 Å². The van der Waals surface area contributed by atoms with Gasteiger partial charge in [-0.15, -0.1) is 0 Å². The molecule has 0 aliphatic carbocycles. The molecule has 1 N–H and O–H groups in total. The van der Waals surface area contributed by atoms with Crippen LogP contribution in [0.4, 0.5) is 5.69 Å². The van der Waals surface area contributed by atoms with E-state index >= 15 is 0 Å². The average Bonchev–Trinajstić information content (AvgIpc) is 2.83. The number of fused-ring (bicyclic) bond motifs is 1. The zero-order valence-corrected chi connectivity index (χ0v) is 19.4. The van der Waals surface area contributed by atoms with Crippen LogP contribution in [0.25, 0.3) is 0 Å². The van der Waals surface area contributed by atoms with Crippen molar-refractivity contribution in [1.82, 2.24) is 4.90 Å². The predicted octanol–water partition coefficient (Wildman–Crippen LogP) is 4.23. The Labute approximate surface area is 194 Å². The minimum absolute atomic E-state index is 0.0908. The Balaban J connectivity index is 1.51. The van der Waals surface area contributed by atoms with Crippen molar-refractivity contribution >= 4 is 21.6 Å². The first-order valence-electron chi connectivity index (χ1n) is 10.7. The molecule has 0 saturated carbocycles. The van der Waals surface area contributed by atoms with Gasteiger partial charge in [0.25, 0.3) is 15.9 Å². The van der Waals surface area contributed by atoms with Gasteiger partial charge in [0, 0.05) is 24.2 Å². The molecule has 1 amide bonds. The highest BCUT2D eigenvalue weighted by atomic mass is 32.2. The quantitative estimate of drug-likeness (QED) is 0.563. The maximum absolute atomic E-state index is 13.1. The number of rotatable bonds is 7. The largest absolute Gasteiger partial charge is 0.486 e. The molecule has 3 aromatic rings. The average molecular weight is 467 g/mol. The van der Waals surface area contributed by atoms with Crippen molar-refractivity contribution in [3.8, 4) is 11.5 Å². The number of nitrogens with zero attached hydrogens (tertiary/aromatic N) is 1. The molecule has 0 unspecified atom stereocenters. The number of anilines is 1. The first-order valence-corrected chi connectivity index (χ1v) is 12.2. The van der Waals surface area contributed by atoms with Gasteiger partial charge < -0.3 is 14.4 Å². The molecule has 0 bridgehead atoms. The lowest BCUT2D eigenvalue weighted by molar-refractivity contribution is 0.0749. The second-order valence-electron chi connectivity index (χ2n) is 7.71. The van der Waals surface area contributed by atoms with Crippen molar-refractivity contribution < 1.29 is 22.7 Å². The lowest BCUT2D eigenvalue weighted by Gasteiger charge is -2.25. The number of benzene rings is 3. The van der Waals surface area contributed by atoms with Crippen LogP contribution in [0.2, 0.25) is 0 Å². The van der Waals surface area contributed by atoms with Gasteiger partial charge in [-0.05, 0) is 55.8 Å². The van der Waals surface area contributed by atoms with E-state index < -0.39 is 10.0 Å². The smallest absolute Gasteiger partial charge is 0.261 e. The minimum Gasteiger partial charge on any atom is -0.486 e. The lowest BCUT2D eigenvalue weighted by atomic mass is 10.1. The third-order valence-electron chi connectivity index (χ3n) is 5.48. The van der Waals surface area contributed by atoms with Gasteiger partial charge in [0.1, 0.15) is 13.2 Å². The van der Waals surface area contributed by atoms with Crippen LogP contribution in [-0.4, -0.2) is 39.0 Å². The molecule has 1 aliphatic heterocycles. The minimum atomic E-state index is -3.77. The molecule has 1 aliphatic rings. The maximum atomic E-state index is 13.1. The van der Waals surface area contributed by atoms with Gasteiger partial charge in [-0.25, -0.2) is 8.42 Å². The molecule has 3 aromatic carbocycles. The van der Waals surface area contributed by atoms with E-state index in [1.54, 1.807) is 17.0 Å². The van der Waals surface area contributed by atoms with Crippen LogP contribution in [0.3, 0.4) is 0 Å². The van der Waals surface area contributed by atoms with Crippen LogP contribution < -0.4 is 14.2 Å². The summed E-state index contributed by atoms with van der Waals surface area (Å²) in [4.78, 5) is 14.9. The highest BCUT2D eigenvalue weighted by Crippen LogP contribution is 2.34. The van der Waals surface area contributed by atoms with E-state index in [0.717, 1.165) is 11.1 Å². The third kappa shape index (κ3) is 4.96. The lowest BCUT2D eigenvalue weighted by Crippen LogP contribution is -2.31. The van der Waals surface area contributed by atoms with Crippen molar-refractivity contribution in [2.45, 2.75) is 25.3 Å². The van der Waals surface area contributed by atoms with Gasteiger partial charge in [0.05, 0.1) is 10.6 Å². The number of hydrogen-bond donors (Lipinski definition) is 1. The highest BCUT2D eigenvalue weighted by Gasteiger charge is 2.21. The summed E-state index contributed by atoms with van der Waals surface area (Å²) < 4.78 is 39.5. The summed E-state index contributed by atoms with van der Waals surface area (Å²) in [7, 11) is -3.77. The number of carbonyl (C=O) groups excluding carboxylic acids is 1. The summed E-state index contributed by atoms with van der Waals surface area (Å²) in [5, 5.41) is 0. The fourth-order valence-electron chi connectivity index (χ4n) is 3.64. The summed E-state index contributed by atoms with van der Waals surface area (Å²) in [5.41, 5.74) is 2.62. The number of aryl methyl sites for hydroxylation is 1. The maximum Gasteiger partial charge on any atom is 0.261 e. The van der Waals surface area contributed by atoms with Crippen molar-refractivity contribution in [2.24, 2.45) is 0 Å². The van der Waals surface area contributed by atoms with Gasteiger partial charge in [-0.2, -0.15) is 0 Å². The van der Waals surface area contributed by atoms with Gasteiger partial charge >= 0.3 is 0 Å². The Morgan fingerprint density at radius 3 is 2.42 bits per heavy atom. The first-order chi connectivity index (χ1) is 15.9. The Bertz CT molecular complexity index is 1260. The van der Waals surface area contributed by atoms with E-state index in [1.165, 1.54) is 24.3 Å². The van der Waals surface area contributed by atoms with Gasteiger partial charge in [-0.3, -0.25) is 9.52 Å². The summed E-state index contributed by atoms with van der Waals surface area (Å²) in [5.74, 6) is 1.15. The molecule has 33 heavy (non-hydrogen) atoms. The topological polar surface area (TPSA) is 84.9 Å². The first kappa shape index (κ1) is 22.7. The van der Waals surface area contributed by atoms with Crippen LogP contribution >= 0.6 is 0 Å². The Kier molecular flexibility index (Phi) is 6.55. The molecule has 7 nitrogen and oxygen atoms in total. The summed E-state index contributed by atoms with van der Waals surface area (Å²) in [6.45, 7) is 5.54. The van der Waals surface area contributed by atoms with Crippen LogP contribution in [-0.2, 0) is 16.6 Å². The molecule has 0 saturated heterocycles. The SMILES string of the molecule is CCN(Cc1cccc2c1OCCO2)C(=O)c1ccc(S(=O)(=O)Nc2ccccc2C)cc1. The molecule has 0 radical (unpaired) electrons.